The summed E-state index contributed by atoms with van der Waals surface area (Å²) < 4.78 is 0. The predicted molar refractivity (Wildman–Crippen MR) is 69.9 cm³/mol. The van der Waals surface area contributed by atoms with Gasteiger partial charge in [-0.25, -0.2) is 0 Å². The van der Waals surface area contributed by atoms with Gasteiger partial charge in [-0.05, 0) is 32.9 Å². The molecule has 0 aliphatic rings. The van der Waals surface area contributed by atoms with E-state index < -0.39 is 0 Å². The Morgan fingerprint density at radius 2 is 2.00 bits per heavy atom. The summed E-state index contributed by atoms with van der Waals surface area (Å²) in [5.41, 5.74) is 0. The minimum atomic E-state index is 0.108. The summed E-state index contributed by atoms with van der Waals surface area (Å²) in [7, 11) is 4.11. The van der Waals surface area contributed by atoms with Crippen LogP contribution < -0.4 is 5.32 Å². The van der Waals surface area contributed by atoms with E-state index in [4.69, 9.17) is 11.6 Å². The Morgan fingerprint density at radius 1 is 1.38 bits per heavy atom. The molecule has 0 aromatic heterocycles. The molecule has 0 rings (SSSR count). The molecule has 0 aliphatic carbocycles. The highest BCUT2D eigenvalue weighted by Crippen LogP contribution is 2.08. The zero-order chi connectivity index (χ0) is 12.6. The smallest absolute Gasteiger partial charge is 0.220 e. The molecule has 0 aromatic carbocycles. The maximum Gasteiger partial charge on any atom is 0.220 e. The van der Waals surface area contributed by atoms with Crippen LogP contribution in [-0.4, -0.2) is 43.4 Å². The Balaban J connectivity index is 3.87. The molecule has 0 spiro atoms. The molecule has 16 heavy (non-hydrogen) atoms. The van der Waals surface area contributed by atoms with Gasteiger partial charge in [0.2, 0.25) is 5.91 Å². The number of rotatable bonds is 8. The van der Waals surface area contributed by atoms with Crippen molar-refractivity contribution in [1.29, 1.82) is 0 Å². The zero-order valence-corrected chi connectivity index (χ0v) is 11.7. The first-order chi connectivity index (χ1) is 7.47. The van der Waals surface area contributed by atoms with E-state index in [-0.39, 0.29) is 5.91 Å². The van der Waals surface area contributed by atoms with Crippen LogP contribution in [-0.2, 0) is 4.79 Å². The van der Waals surface area contributed by atoms with Crippen LogP contribution in [0.15, 0.2) is 0 Å². The summed E-state index contributed by atoms with van der Waals surface area (Å²) in [4.78, 5) is 13.6. The number of hydrogen-bond donors (Lipinski definition) is 1. The van der Waals surface area contributed by atoms with E-state index in [0.29, 0.717) is 24.3 Å². The maximum absolute atomic E-state index is 11.4. The number of likely N-dealkylation sites (N-methyl/N-ethyl adjacent to an activating group) is 1. The fourth-order valence-electron chi connectivity index (χ4n) is 1.57. The van der Waals surface area contributed by atoms with E-state index in [1.807, 2.05) is 0 Å². The van der Waals surface area contributed by atoms with Crippen molar-refractivity contribution in [2.75, 3.05) is 26.5 Å². The molecular weight excluding hydrogens is 224 g/mol. The van der Waals surface area contributed by atoms with Crippen molar-refractivity contribution in [2.45, 2.75) is 39.2 Å². The minimum Gasteiger partial charge on any atom is -0.355 e. The number of carbonyl (C=O) groups is 1. The van der Waals surface area contributed by atoms with Gasteiger partial charge in [0.1, 0.15) is 0 Å². The van der Waals surface area contributed by atoms with E-state index in [9.17, 15) is 4.79 Å². The standard InChI is InChI=1S/C12H25ClN2O/c1-10(2)8-11(15(3)4)9-14-12(16)6-5-7-13/h10-11H,5-9H2,1-4H3,(H,14,16). The first kappa shape index (κ1) is 15.7. The summed E-state index contributed by atoms with van der Waals surface area (Å²) in [6.45, 7) is 5.13. The van der Waals surface area contributed by atoms with Crippen molar-refractivity contribution in [3.8, 4) is 0 Å². The lowest BCUT2D eigenvalue weighted by molar-refractivity contribution is -0.121. The maximum atomic E-state index is 11.4. The van der Waals surface area contributed by atoms with Gasteiger partial charge in [0.05, 0.1) is 0 Å². The van der Waals surface area contributed by atoms with Crippen LogP contribution in [0.5, 0.6) is 0 Å². The number of nitrogens with one attached hydrogen (secondary N) is 1. The molecule has 3 nitrogen and oxygen atoms in total. The highest BCUT2D eigenvalue weighted by molar-refractivity contribution is 6.17. The number of hydrogen-bond acceptors (Lipinski definition) is 2. The van der Waals surface area contributed by atoms with Crippen molar-refractivity contribution in [1.82, 2.24) is 10.2 Å². The number of nitrogens with zero attached hydrogens (tertiary/aromatic N) is 1. The Hall–Kier alpha value is -0.280. The monoisotopic (exact) mass is 248 g/mol. The fraction of sp³-hybridized carbons (Fsp3) is 0.917. The molecule has 0 aromatic rings. The second-order valence-electron chi connectivity index (χ2n) is 4.84. The lowest BCUT2D eigenvalue weighted by Gasteiger charge is -2.26. The zero-order valence-electron chi connectivity index (χ0n) is 10.9. The normalized spacial score (nSPS) is 13.2. The second-order valence-corrected chi connectivity index (χ2v) is 5.22. The summed E-state index contributed by atoms with van der Waals surface area (Å²) in [6, 6.07) is 0.417. The Kier molecular flexibility index (Phi) is 8.67. The van der Waals surface area contributed by atoms with Crippen molar-refractivity contribution in [3.05, 3.63) is 0 Å². The van der Waals surface area contributed by atoms with Crippen molar-refractivity contribution >= 4 is 17.5 Å². The predicted octanol–water partition coefficient (Wildman–Crippen LogP) is 2.10. The van der Waals surface area contributed by atoms with Gasteiger partial charge in [-0.3, -0.25) is 4.79 Å². The third-order valence-corrected chi connectivity index (χ3v) is 2.81. The Labute approximate surface area is 105 Å². The Morgan fingerprint density at radius 3 is 2.44 bits per heavy atom. The molecule has 0 radical (unpaired) electrons. The van der Waals surface area contributed by atoms with Crippen LogP contribution >= 0.6 is 11.6 Å². The van der Waals surface area contributed by atoms with Crippen LogP contribution in [0.25, 0.3) is 0 Å². The van der Waals surface area contributed by atoms with Gasteiger partial charge < -0.3 is 10.2 Å². The summed E-state index contributed by atoms with van der Waals surface area (Å²) in [5.74, 6) is 1.31. The highest BCUT2D eigenvalue weighted by atomic mass is 35.5. The highest BCUT2D eigenvalue weighted by Gasteiger charge is 2.14. The average molecular weight is 249 g/mol. The van der Waals surface area contributed by atoms with Crippen LogP contribution in [0.1, 0.15) is 33.1 Å². The second kappa shape index (κ2) is 8.82. The number of amides is 1. The summed E-state index contributed by atoms with van der Waals surface area (Å²) >= 11 is 5.54. The molecule has 0 saturated heterocycles. The van der Waals surface area contributed by atoms with E-state index in [2.05, 4.69) is 38.2 Å². The third-order valence-electron chi connectivity index (χ3n) is 2.55. The van der Waals surface area contributed by atoms with Crippen molar-refractivity contribution < 1.29 is 4.79 Å². The summed E-state index contributed by atoms with van der Waals surface area (Å²) in [5, 5.41) is 2.97. The van der Waals surface area contributed by atoms with Gasteiger partial charge >= 0.3 is 0 Å². The van der Waals surface area contributed by atoms with Crippen molar-refractivity contribution in [2.24, 2.45) is 5.92 Å². The van der Waals surface area contributed by atoms with E-state index in [1.54, 1.807) is 0 Å². The third kappa shape index (κ3) is 7.94. The lowest BCUT2D eigenvalue weighted by Crippen LogP contribution is -2.41. The summed E-state index contributed by atoms with van der Waals surface area (Å²) in [6.07, 6.45) is 2.39. The van der Waals surface area contributed by atoms with Gasteiger partial charge in [0, 0.05) is 24.9 Å². The van der Waals surface area contributed by atoms with Crippen molar-refractivity contribution in [3.63, 3.8) is 0 Å². The van der Waals surface area contributed by atoms with Crippen LogP contribution in [0.2, 0.25) is 0 Å². The first-order valence-corrected chi connectivity index (χ1v) is 6.50. The SMILES string of the molecule is CC(C)CC(CNC(=O)CCCCl)N(C)C. The molecule has 0 saturated carbocycles. The Bertz CT molecular complexity index is 195. The molecule has 1 atom stereocenters. The van der Waals surface area contributed by atoms with Crippen LogP contribution in [0.4, 0.5) is 0 Å². The number of carbonyl (C=O) groups excluding carboxylic acids is 1. The number of halogens is 1. The molecule has 0 aliphatic heterocycles. The lowest BCUT2D eigenvalue weighted by atomic mass is 10.0. The molecule has 1 unspecified atom stereocenters. The van der Waals surface area contributed by atoms with E-state index in [0.717, 1.165) is 19.4 Å². The molecule has 0 bridgehead atoms. The topological polar surface area (TPSA) is 32.3 Å². The minimum absolute atomic E-state index is 0.108. The fourth-order valence-corrected chi connectivity index (χ4v) is 1.70. The van der Waals surface area contributed by atoms with Gasteiger partial charge in [0.25, 0.3) is 0 Å². The quantitative estimate of drug-likeness (QED) is 0.668. The van der Waals surface area contributed by atoms with Crippen LogP contribution in [0, 0.1) is 5.92 Å². The molecule has 4 heteroatoms. The average Bonchev–Trinajstić information content (AvgIpc) is 2.20. The number of alkyl halides is 1. The van der Waals surface area contributed by atoms with E-state index >= 15 is 0 Å². The molecule has 0 fully saturated rings. The van der Waals surface area contributed by atoms with Gasteiger partial charge in [-0.15, -0.1) is 11.6 Å². The van der Waals surface area contributed by atoms with Gasteiger partial charge in [0.15, 0.2) is 0 Å². The van der Waals surface area contributed by atoms with Gasteiger partial charge in [-0.2, -0.15) is 0 Å². The first-order valence-electron chi connectivity index (χ1n) is 5.96. The van der Waals surface area contributed by atoms with E-state index in [1.165, 1.54) is 0 Å². The molecule has 1 N–H and O–H groups in total. The largest absolute Gasteiger partial charge is 0.355 e. The molecular formula is C12H25ClN2O. The van der Waals surface area contributed by atoms with Crippen LogP contribution in [0.3, 0.4) is 0 Å². The molecule has 1 amide bonds. The van der Waals surface area contributed by atoms with Gasteiger partial charge in [-0.1, -0.05) is 13.8 Å². The molecule has 96 valence electrons. The molecule has 0 heterocycles.